The van der Waals surface area contributed by atoms with Crippen molar-refractivity contribution in [2.75, 3.05) is 5.75 Å². The minimum Gasteiger partial charge on any atom is -0.475 e. The molecule has 1 N–H and O–H groups in total. The summed E-state index contributed by atoms with van der Waals surface area (Å²) in [5.74, 6) is 1.03. The van der Waals surface area contributed by atoms with E-state index in [1.54, 1.807) is 17.8 Å². The molecule has 0 unspecified atom stereocenters. The summed E-state index contributed by atoms with van der Waals surface area (Å²) in [6.07, 6.45) is 1.81. The van der Waals surface area contributed by atoms with E-state index in [0.29, 0.717) is 11.5 Å². The molecule has 0 fully saturated rings. The van der Waals surface area contributed by atoms with E-state index in [4.69, 9.17) is 21.1 Å². The SMILES string of the molecule is O=C(O)c1ccc(CSC/C=C/Cl)o1. The van der Waals surface area contributed by atoms with Crippen molar-refractivity contribution in [2.24, 2.45) is 0 Å². The van der Waals surface area contributed by atoms with E-state index >= 15 is 0 Å². The second kappa shape index (κ2) is 5.78. The van der Waals surface area contributed by atoms with E-state index in [9.17, 15) is 4.79 Å². The summed E-state index contributed by atoms with van der Waals surface area (Å²) < 4.78 is 5.05. The summed E-state index contributed by atoms with van der Waals surface area (Å²) in [6.45, 7) is 0. The Morgan fingerprint density at radius 1 is 1.64 bits per heavy atom. The highest BCUT2D eigenvalue weighted by atomic mass is 35.5. The van der Waals surface area contributed by atoms with Crippen LogP contribution >= 0.6 is 23.4 Å². The number of rotatable bonds is 5. The minimum atomic E-state index is -1.04. The maximum atomic E-state index is 10.5. The number of carbonyl (C=O) groups is 1. The molecule has 5 heteroatoms. The Balaban J connectivity index is 2.40. The molecule has 1 aromatic heterocycles. The summed E-state index contributed by atoms with van der Waals surface area (Å²) in [7, 11) is 0. The van der Waals surface area contributed by atoms with Crippen LogP contribution in [-0.2, 0) is 5.75 Å². The number of thioether (sulfide) groups is 1. The van der Waals surface area contributed by atoms with Gasteiger partial charge in [0.05, 0.1) is 5.75 Å². The fraction of sp³-hybridized carbons (Fsp3) is 0.222. The lowest BCUT2D eigenvalue weighted by Gasteiger charge is -1.93. The predicted octanol–water partition coefficient (Wildman–Crippen LogP) is 2.96. The number of hydrogen-bond donors (Lipinski definition) is 1. The van der Waals surface area contributed by atoms with Gasteiger partial charge in [0, 0.05) is 11.3 Å². The Hall–Kier alpha value is -0.870. The van der Waals surface area contributed by atoms with Gasteiger partial charge in [0.15, 0.2) is 0 Å². The first-order valence-corrected chi connectivity index (χ1v) is 5.48. The van der Waals surface area contributed by atoms with Crippen molar-refractivity contribution in [1.82, 2.24) is 0 Å². The Bertz CT molecular complexity index is 333. The maximum Gasteiger partial charge on any atom is 0.371 e. The van der Waals surface area contributed by atoms with Crippen LogP contribution in [0.1, 0.15) is 16.3 Å². The van der Waals surface area contributed by atoms with E-state index in [2.05, 4.69) is 0 Å². The molecule has 0 bridgehead atoms. The summed E-state index contributed by atoms with van der Waals surface area (Å²) in [5, 5.41) is 8.58. The first-order chi connectivity index (χ1) is 6.74. The number of furan rings is 1. The van der Waals surface area contributed by atoms with Gasteiger partial charge in [0.2, 0.25) is 5.76 Å². The monoisotopic (exact) mass is 232 g/mol. The van der Waals surface area contributed by atoms with Crippen molar-refractivity contribution < 1.29 is 14.3 Å². The highest BCUT2D eigenvalue weighted by Gasteiger charge is 2.07. The molecule has 0 aliphatic carbocycles. The third-order valence-corrected chi connectivity index (χ3v) is 2.51. The smallest absolute Gasteiger partial charge is 0.371 e. The summed E-state index contributed by atoms with van der Waals surface area (Å²) >= 11 is 6.93. The van der Waals surface area contributed by atoms with Crippen LogP contribution in [0.25, 0.3) is 0 Å². The highest BCUT2D eigenvalue weighted by molar-refractivity contribution is 7.98. The van der Waals surface area contributed by atoms with Crippen molar-refractivity contribution in [3.8, 4) is 0 Å². The fourth-order valence-electron chi connectivity index (χ4n) is 0.834. The van der Waals surface area contributed by atoms with Crippen LogP contribution in [0.2, 0.25) is 0 Å². The average Bonchev–Trinajstić information content (AvgIpc) is 2.61. The maximum absolute atomic E-state index is 10.5. The molecule has 0 amide bonds. The molecular formula is C9H9ClO3S. The molecule has 0 atom stereocenters. The third kappa shape index (κ3) is 3.47. The highest BCUT2D eigenvalue weighted by Crippen LogP contribution is 2.15. The molecule has 0 saturated heterocycles. The van der Waals surface area contributed by atoms with E-state index in [-0.39, 0.29) is 5.76 Å². The lowest BCUT2D eigenvalue weighted by atomic mass is 10.4. The largest absolute Gasteiger partial charge is 0.475 e. The molecule has 0 radical (unpaired) electrons. The van der Waals surface area contributed by atoms with Crippen LogP contribution in [0.15, 0.2) is 28.2 Å². The van der Waals surface area contributed by atoms with Crippen LogP contribution in [0.3, 0.4) is 0 Å². The van der Waals surface area contributed by atoms with Gasteiger partial charge in [-0.3, -0.25) is 0 Å². The van der Waals surface area contributed by atoms with Crippen LogP contribution in [0.5, 0.6) is 0 Å². The summed E-state index contributed by atoms with van der Waals surface area (Å²) in [4.78, 5) is 10.5. The van der Waals surface area contributed by atoms with E-state index < -0.39 is 5.97 Å². The lowest BCUT2D eigenvalue weighted by molar-refractivity contribution is 0.0661. The second-order valence-corrected chi connectivity index (χ2v) is 3.73. The van der Waals surface area contributed by atoms with Gasteiger partial charge in [-0.1, -0.05) is 17.7 Å². The first-order valence-electron chi connectivity index (χ1n) is 3.89. The van der Waals surface area contributed by atoms with Gasteiger partial charge in [-0.15, -0.1) is 11.8 Å². The number of halogens is 1. The van der Waals surface area contributed by atoms with Crippen LogP contribution in [0, 0.1) is 0 Å². The van der Waals surface area contributed by atoms with Crippen molar-refractivity contribution in [3.05, 3.63) is 35.3 Å². The van der Waals surface area contributed by atoms with Crippen LogP contribution < -0.4 is 0 Å². The molecule has 0 aromatic carbocycles. The zero-order valence-electron chi connectivity index (χ0n) is 7.27. The Kier molecular flexibility index (Phi) is 4.62. The van der Waals surface area contributed by atoms with Gasteiger partial charge in [0.25, 0.3) is 0 Å². The molecule has 1 aromatic rings. The van der Waals surface area contributed by atoms with Gasteiger partial charge in [0.1, 0.15) is 5.76 Å². The molecular weight excluding hydrogens is 224 g/mol. The minimum absolute atomic E-state index is 0.0199. The summed E-state index contributed by atoms with van der Waals surface area (Å²) in [5.41, 5.74) is 1.46. The van der Waals surface area contributed by atoms with Crippen molar-refractivity contribution in [2.45, 2.75) is 5.75 Å². The normalized spacial score (nSPS) is 10.9. The lowest BCUT2D eigenvalue weighted by Crippen LogP contribution is -1.91. The molecule has 0 aliphatic rings. The van der Waals surface area contributed by atoms with Crippen molar-refractivity contribution in [3.63, 3.8) is 0 Å². The van der Waals surface area contributed by atoms with E-state index in [0.717, 1.165) is 5.75 Å². The van der Waals surface area contributed by atoms with Gasteiger partial charge in [-0.2, -0.15) is 0 Å². The zero-order chi connectivity index (χ0) is 10.4. The van der Waals surface area contributed by atoms with Crippen LogP contribution in [-0.4, -0.2) is 16.8 Å². The molecule has 76 valence electrons. The Labute approximate surface area is 90.7 Å². The predicted molar refractivity (Wildman–Crippen MR) is 56.8 cm³/mol. The molecule has 1 heterocycles. The number of carboxylic acid groups (broad SMARTS) is 1. The molecule has 1 rings (SSSR count). The van der Waals surface area contributed by atoms with Crippen LogP contribution in [0.4, 0.5) is 0 Å². The average molecular weight is 233 g/mol. The fourth-order valence-corrected chi connectivity index (χ4v) is 1.74. The van der Waals surface area contributed by atoms with Crippen molar-refractivity contribution >= 4 is 29.3 Å². The molecule has 0 saturated carbocycles. The van der Waals surface area contributed by atoms with Gasteiger partial charge < -0.3 is 9.52 Å². The second-order valence-electron chi connectivity index (χ2n) is 2.45. The third-order valence-electron chi connectivity index (χ3n) is 1.42. The molecule has 14 heavy (non-hydrogen) atoms. The standard InChI is InChI=1S/C9H9ClO3S/c10-4-1-5-14-6-7-2-3-8(13-7)9(11)12/h1-4H,5-6H2,(H,11,12)/b4-1+. The van der Waals surface area contributed by atoms with Gasteiger partial charge >= 0.3 is 5.97 Å². The molecule has 0 spiro atoms. The van der Waals surface area contributed by atoms with Gasteiger partial charge in [-0.05, 0) is 12.1 Å². The van der Waals surface area contributed by atoms with Gasteiger partial charge in [-0.25, -0.2) is 4.79 Å². The topological polar surface area (TPSA) is 50.4 Å². The number of aromatic carboxylic acids is 1. The number of hydrogen-bond acceptors (Lipinski definition) is 3. The first kappa shape index (κ1) is 11.2. The van der Waals surface area contributed by atoms with Crippen molar-refractivity contribution in [1.29, 1.82) is 0 Å². The van der Waals surface area contributed by atoms with E-state index in [1.807, 2.05) is 6.08 Å². The summed E-state index contributed by atoms with van der Waals surface area (Å²) in [6, 6.07) is 3.12. The quantitative estimate of drug-likeness (QED) is 0.793. The molecule has 3 nitrogen and oxygen atoms in total. The Morgan fingerprint density at radius 2 is 2.43 bits per heavy atom. The Morgan fingerprint density at radius 3 is 3.00 bits per heavy atom. The number of carboxylic acids is 1. The van der Waals surface area contributed by atoms with E-state index in [1.165, 1.54) is 11.6 Å². The zero-order valence-corrected chi connectivity index (χ0v) is 8.85. The molecule has 0 aliphatic heterocycles.